The van der Waals surface area contributed by atoms with Crippen LogP contribution in [0.5, 0.6) is 0 Å². The van der Waals surface area contributed by atoms with Crippen LogP contribution in [-0.2, 0) is 9.53 Å². The number of carbonyl (C=O) groups is 3. The average molecular weight is 390 g/mol. The molecule has 0 fully saturated rings. The quantitative estimate of drug-likeness (QED) is 0.601. The first-order valence-electron chi connectivity index (χ1n) is 7.35. The van der Waals surface area contributed by atoms with E-state index in [0.29, 0.717) is 23.2 Å². The molecule has 0 aliphatic rings. The average Bonchev–Trinajstić information content (AvgIpc) is 2.60. The molecule has 0 saturated heterocycles. The summed E-state index contributed by atoms with van der Waals surface area (Å²) < 4.78 is 5.90. The molecule has 0 heterocycles. The monoisotopic (exact) mass is 389 g/mol. The summed E-state index contributed by atoms with van der Waals surface area (Å²) in [6, 6.07) is 13.1. The lowest BCUT2D eigenvalue weighted by Gasteiger charge is -2.06. The fourth-order valence-electron chi connectivity index (χ4n) is 1.87. The highest BCUT2D eigenvalue weighted by Gasteiger charge is 2.12. The zero-order chi connectivity index (χ0) is 17.5. The number of hydrogen-bond acceptors (Lipinski definition) is 4. The van der Waals surface area contributed by atoms with Crippen molar-refractivity contribution in [2.75, 3.05) is 11.9 Å². The molecule has 0 aliphatic carbocycles. The lowest BCUT2D eigenvalue weighted by Crippen LogP contribution is -2.14. The van der Waals surface area contributed by atoms with Crippen molar-refractivity contribution in [3.8, 4) is 0 Å². The van der Waals surface area contributed by atoms with Gasteiger partial charge in [0.15, 0.2) is 12.4 Å². The van der Waals surface area contributed by atoms with Crippen molar-refractivity contribution in [1.29, 1.82) is 0 Å². The summed E-state index contributed by atoms with van der Waals surface area (Å²) in [6.45, 7) is 1.43. The van der Waals surface area contributed by atoms with Gasteiger partial charge in [-0.1, -0.05) is 35.0 Å². The first kappa shape index (κ1) is 17.9. The lowest BCUT2D eigenvalue weighted by molar-refractivity contribution is -0.115. The third kappa shape index (κ3) is 5.03. The van der Waals surface area contributed by atoms with E-state index in [1.54, 1.807) is 43.3 Å². The molecule has 6 heteroatoms. The second-order valence-corrected chi connectivity index (χ2v) is 5.90. The lowest BCUT2D eigenvalue weighted by atomic mass is 10.1. The second-order valence-electron chi connectivity index (χ2n) is 4.99. The highest BCUT2D eigenvalue weighted by atomic mass is 79.9. The van der Waals surface area contributed by atoms with E-state index in [2.05, 4.69) is 21.2 Å². The van der Waals surface area contributed by atoms with Gasteiger partial charge in [-0.3, -0.25) is 9.59 Å². The summed E-state index contributed by atoms with van der Waals surface area (Å²) in [5.41, 5.74) is 1.39. The van der Waals surface area contributed by atoms with E-state index in [9.17, 15) is 14.4 Å². The first-order chi connectivity index (χ1) is 11.5. The highest BCUT2D eigenvalue weighted by Crippen LogP contribution is 2.13. The number of ether oxygens (including phenoxy) is 1. The molecule has 0 unspecified atom stereocenters. The van der Waals surface area contributed by atoms with Crippen LogP contribution in [0, 0.1) is 0 Å². The van der Waals surface area contributed by atoms with Crippen LogP contribution in [0.15, 0.2) is 53.0 Å². The molecule has 1 N–H and O–H groups in total. The van der Waals surface area contributed by atoms with Crippen LogP contribution in [0.25, 0.3) is 0 Å². The van der Waals surface area contributed by atoms with Gasteiger partial charge in [0.2, 0.25) is 5.91 Å². The van der Waals surface area contributed by atoms with E-state index in [4.69, 9.17) is 4.74 Å². The highest BCUT2D eigenvalue weighted by molar-refractivity contribution is 9.10. The van der Waals surface area contributed by atoms with Crippen LogP contribution in [0.3, 0.4) is 0 Å². The number of ketones is 1. The van der Waals surface area contributed by atoms with Gasteiger partial charge in [-0.25, -0.2) is 4.79 Å². The standard InChI is InChI=1S/C18H16BrNO4/c1-2-17(22)20-15-9-5-13(6-10-15)18(23)24-11-16(21)12-3-7-14(19)8-4-12/h3-10H,2,11H2,1H3,(H,20,22). The second kappa shape index (κ2) is 8.40. The summed E-state index contributed by atoms with van der Waals surface area (Å²) >= 11 is 3.29. The van der Waals surface area contributed by atoms with Gasteiger partial charge in [-0.05, 0) is 36.4 Å². The zero-order valence-electron chi connectivity index (χ0n) is 13.0. The molecule has 2 aromatic carbocycles. The third-order valence-electron chi connectivity index (χ3n) is 3.23. The Bertz CT molecular complexity index is 739. The summed E-state index contributed by atoms with van der Waals surface area (Å²) in [6.07, 6.45) is 0.377. The van der Waals surface area contributed by atoms with E-state index in [0.717, 1.165) is 4.47 Å². The minimum atomic E-state index is -0.589. The summed E-state index contributed by atoms with van der Waals surface area (Å²) in [5.74, 6) is -0.970. The van der Waals surface area contributed by atoms with Crippen molar-refractivity contribution in [2.45, 2.75) is 13.3 Å². The molecular formula is C18H16BrNO4. The first-order valence-corrected chi connectivity index (χ1v) is 8.14. The molecule has 24 heavy (non-hydrogen) atoms. The zero-order valence-corrected chi connectivity index (χ0v) is 14.6. The van der Waals surface area contributed by atoms with Gasteiger partial charge in [-0.2, -0.15) is 0 Å². The Labute approximate surface area is 148 Å². The Morgan fingerprint density at radius 1 is 0.958 bits per heavy atom. The van der Waals surface area contributed by atoms with Crippen molar-refractivity contribution in [2.24, 2.45) is 0 Å². The van der Waals surface area contributed by atoms with Gasteiger partial charge in [0.25, 0.3) is 0 Å². The van der Waals surface area contributed by atoms with Crippen LogP contribution in [0.2, 0.25) is 0 Å². The molecule has 1 amide bonds. The van der Waals surface area contributed by atoms with E-state index in [1.807, 2.05) is 0 Å². The normalized spacial score (nSPS) is 10.1. The van der Waals surface area contributed by atoms with E-state index < -0.39 is 5.97 Å². The number of nitrogens with one attached hydrogen (secondary N) is 1. The molecule has 5 nitrogen and oxygen atoms in total. The fraction of sp³-hybridized carbons (Fsp3) is 0.167. The minimum Gasteiger partial charge on any atom is -0.454 e. The Balaban J connectivity index is 1.91. The number of carbonyl (C=O) groups excluding carboxylic acids is 3. The molecule has 0 aliphatic heterocycles. The minimum absolute atomic E-state index is 0.106. The van der Waals surface area contributed by atoms with Gasteiger partial charge in [-0.15, -0.1) is 0 Å². The van der Waals surface area contributed by atoms with Crippen molar-refractivity contribution in [1.82, 2.24) is 0 Å². The van der Waals surface area contributed by atoms with Crippen LogP contribution >= 0.6 is 15.9 Å². The summed E-state index contributed by atoms with van der Waals surface area (Å²) in [4.78, 5) is 35.2. The molecule has 0 bridgehead atoms. The van der Waals surface area contributed by atoms with Crippen molar-refractivity contribution in [3.05, 3.63) is 64.1 Å². The van der Waals surface area contributed by atoms with Gasteiger partial charge in [0, 0.05) is 22.1 Å². The van der Waals surface area contributed by atoms with Gasteiger partial charge < -0.3 is 10.1 Å². The molecule has 0 saturated carbocycles. The van der Waals surface area contributed by atoms with E-state index in [1.165, 1.54) is 12.1 Å². The van der Waals surface area contributed by atoms with Crippen LogP contribution in [0.4, 0.5) is 5.69 Å². The smallest absolute Gasteiger partial charge is 0.338 e. The number of hydrogen-bond donors (Lipinski definition) is 1. The predicted molar refractivity (Wildman–Crippen MR) is 94.1 cm³/mol. The Morgan fingerprint density at radius 3 is 2.12 bits per heavy atom. The van der Waals surface area contributed by atoms with Crippen molar-refractivity contribution < 1.29 is 19.1 Å². The predicted octanol–water partition coefficient (Wildman–Crippen LogP) is 3.84. The van der Waals surface area contributed by atoms with Crippen LogP contribution in [-0.4, -0.2) is 24.3 Å². The molecule has 0 aromatic heterocycles. The molecule has 0 spiro atoms. The molecule has 0 atom stereocenters. The van der Waals surface area contributed by atoms with E-state index in [-0.39, 0.29) is 18.3 Å². The largest absolute Gasteiger partial charge is 0.454 e. The Morgan fingerprint density at radius 2 is 1.54 bits per heavy atom. The third-order valence-corrected chi connectivity index (χ3v) is 3.75. The molecule has 124 valence electrons. The number of anilines is 1. The van der Waals surface area contributed by atoms with Crippen molar-refractivity contribution >= 4 is 39.3 Å². The Hall–Kier alpha value is -2.47. The maximum atomic E-state index is 12.0. The van der Waals surface area contributed by atoms with Gasteiger partial charge in [0.05, 0.1) is 5.56 Å². The van der Waals surface area contributed by atoms with Crippen LogP contribution in [0.1, 0.15) is 34.1 Å². The maximum absolute atomic E-state index is 12.0. The number of rotatable bonds is 6. The fourth-order valence-corrected chi connectivity index (χ4v) is 2.14. The van der Waals surface area contributed by atoms with Crippen LogP contribution < -0.4 is 5.32 Å². The maximum Gasteiger partial charge on any atom is 0.338 e. The SMILES string of the molecule is CCC(=O)Nc1ccc(C(=O)OCC(=O)c2ccc(Br)cc2)cc1. The number of halogens is 1. The Kier molecular flexibility index (Phi) is 6.26. The number of amides is 1. The number of esters is 1. The van der Waals surface area contributed by atoms with Crippen molar-refractivity contribution in [3.63, 3.8) is 0 Å². The molecule has 2 aromatic rings. The molecule has 0 radical (unpaired) electrons. The number of Topliss-reactive ketones (excluding diaryl/α,β-unsaturated/α-hetero) is 1. The molecular weight excluding hydrogens is 374 g/mol. The molecule has 2 rings (SSSR count). The summed E-state index contributed by atoms with van der Waals surface area (Å²) in [5, 5.41) is 2.68. The topological polar surface area (TPSA) is 72.5 Å². The van der Waals surface area contributed by atoms with E-state index >= 15 is 0 Å². The van der Waals surface area contributed by atoms with Gasteiger partial charge in [0.1, 0.15) is 0 Å². The van der Waals surface area contributed by atoms with Gasteiger partial charge >= 0.3 is 5.97 Å². The summed E-state index contributed by atoms with van der Waals surface area (Å²) in [7, 11) is 0. The number of benzene rings is 2.